The first-order valence-corrected chi connectivity index (χ1v) is 8.14. The molecule has 0 amide bonds. The van der Waals surface area contributed by atoms with Gasteiger partial charge in [0.05, 0.1) is 4.88 Å². The molecule has 1 aliphatic heterocycles. The quantitative estimate of drug-likeness (QED) is 0.730. The molecule has 108 valence electrons. The second-order valence-corrected chi connectivity index (χ2v) is 6.55. The molecule has 0 aromatic carbocycles. The molecule has 4 rings (SSSR count). The summed E-state index contributed by atoms with van der Waals surface area (Å²) in [7, 11) is 2.17. The van der Waals surface area contributed by atoms with E-state index in [-0.39, 0.29) is 0 Å². The number of piperidine rings is 1. The minimum atomic E-state index is 0.460. The predicted octanol–water partition coefficient (Wildman–Crippen LogP) is 2.66. The van der Waals surface area contributed by atoms with Crippen LogP contribution in [0.3, 0.4) is 0 Å². The van der Waals surface area contributed by atoms with Gasteiger partial charge in [0.1, 0.15) is 5.69 Å². The van der Waals surface area contributed by atoms with Gasteiger partial charge in [-0.3, -0.25) is 0 Å². The van der Waals surface area contributed by atoms with Gasteiger partial charge in [0.2, 0.25) is 0 Å². The van der Waals surface area contributed by atoms with Gasteiger partial charge < -0.3 is 4.90 Å². The lowest BCUT2D eigenvalue weighted by Gasteiger charge is -2.27. The van der Waals surface area contributed by atoms with Gasteiger partial charge in [-0.05, 0) is 56.6 Å². The molecule has 0 radical (unpaired) electrons. The van der Waals surface area contributed by atoms with Crippen molar-refractivity contribution in [3.8, 4) is 10.6 Å². The zero-order chi connectivity index (χ0) is 14.2. The highest BCUT2D eigenvalue weighted by molar-refractivity contribution is 7.13. The average molecular weight is 299 g/mol. The van der Waals surface area contributed by atoms with Crippen molar-refractivity contribution in [3.05, 3.63) is 35.5 Å². The van der Waals surface area contributed by atoms with E-state index in [1.54, 1.807) is 11.3 Å². The normalized spacial score (nSPS) is 17.6. The third-order valence-electron chi connectivity index (χ3n) is 4.14. The predicted molar refractivity (Wildman–Crippen MR) is 83.6 cm³/mol. The summed E-state index contributed by atoms with van der Waals surface area (Å²) in [5, 5.41) is 15.5. The molecule has 3 aromatic heterocycles. The SMILES string of the molecule is CN1CCC(c2nnc3ccc(-c4cccs4)nn23)CC1. The molecule has 0 N–H and O–H groups in total. The molecular weight excluding hydrogens is 282 g/mol. The van der Waals surface area contributed by atoms with Gasteiger partial charge in [-0.25, -0.2) is 0 Å². The highest BCUT2D eigenvalue weighted by Gasteiger charge is 2.23. The summed E-state index contributed by atoms with van der Waals surface area (Å²) in [6.45, 7) is 2.23. The van der Waals surface area contributed by atoms with E-state index in [1.165, 1.54) is 4.88 Å². The zero-order valence-corrected chi connectivity index (χ0v) is 12.8. The molecule has 0 aliphatic carbocycles. The van der Waals surface area contributed by atoms with Crippen LogP contribution in [0, 0.1) is 0 Å². The van der Waals surface area contributed by atoms with E-state index in [4.69, 9.17) is 5.10 Å². The number of hydrogen-bond acceptors (Lipinski definition) is 5. The maximum atomic E-state index is 4.76. The largest absolute Gasteiger partial charge is 0.306 e. The Morgan fingerprint density at radius 3 is 2.76 bits per heavy atom. The molecule has 0 bridgehead atoms. The summed E-state index contributed by atoms with van der Waals surface area (Å²) >= 11 is 1.71. The smallest absolute Gasteiger partial charge is 0.177 e. The second kappa shape index (κ2) is 5.20. The molecule has 5 nitrogen and oxygen atoms in total. The average Bonchev–Trinajstić information content (AvgIpc) is 3.17. The molecule has 0 atom stereocenters. The number of hydrogen-bond donors (Lipinski definition) is 0. The van der Waals surface area contributed by atoms with Gasteiger partial charge in [0, 0.05) is 5.92 Å². The number of thiophene rings is 1. The Kier molecular flexibility index (Phi) is 3.20. The van der Waals surface area contributed by atoms with Gasteiger partial charge in [-0.2, -0.15) is 9.61 Å². The Labute approximate surface area is 127 Å². The van der Waals surface area contributed by atoms with Crippen LogP contribution in [0.1, 0.15) is 24.6 Å². The first kappa shape index (κ1) is 12.9. The van der Waals surface area contributed by atoms with E-state index < -0.39 is 0 Å². The van der Waals surface area contributed by atoms with E-state index >= 15 is 0 Å². The molecule has 1 aliphatic rings. The third kappa shape index (κ3) is 2.34. The van der Waals surface area contributed by atoms with Gasteiger partial charge in [0.25, 0.3) is 0 Å². The standard InChI is InChI=1S/C15H17N5S/c1-19-8-6-11(7-9-19)15-17-16-14-5-4-12(18-20(14)15)13-3-2-10-21-13/h2-5,10-11H,6-9H2,1H3. The van der Waals surface area contributed by atoms with Crippen LogP contribution in [0.25, 0.3) is 16.2 Å². The van der Waals surface area contributed by atoms with Crippen LogP contribution >= 0.6 is 11.3 Å². The molecule has 21 heavy (non-hydrogen) atoms. The number of fused-ring (bicyclic) bond motifs is 1. The fourth-order valence-corrected chi connectivity index (χ4v) is 3.57. The summed E-state index contributed by atoms with van der Waals surface area (Å²) in [6, 6.07) is 8.18. The highest BCUT2D eigenvalue weighted by atomic mass is 32.1. The van der Waals surface area contributed by atoms with E-state index in [9.17, 15) is 0 Å². The van der Waals surface area contributed by atoms with Crippen LogP contribution in [-0.2, 0) is 0 Å². The third-order valence-corrected chi connectivity index (χ3v) is 5.04. The maximum absolute atomic E-state index is 4.76. The van der Waals surface area contributed by atoms with Crippen LogP contribution in [0.4, 0.5) is 0 Å². The van der Waals surface area contributed by atoms with E-state index in [1.807, 2.05) is 16.6 Å². The Morgan fingerprint density at radius 2 is 2.00 bits per heavy atom. The molecule has 1 saturated heterocycles. The number of nitrogens with zero attached hydrogens (tertiary/aromatic N) is 5. The van der Waals surface area contributed by atoms with E-state index in [0.29, 0.717) is 5.92 Å². The topological polar surface area (TPSA) is 46.3 Å². The zero-order valence-electron chi connectivity index (χ0n) is 11.9. The fourth-order valence-electron chi connectivity index (χ4n) is 2.88. The van der Waals surface area contributed by atoms with Gasteiger partial charge in [-0.1, -0.05) is 6.07 Å². The molecule has 6 heteroatoms. The van der Waals surface area contributed by atoms with Gasteiger partial charge in [0.15, 0.2) is 11.5 Å². The van der Waals surface area contributed by atoms with Gasteiger partial charge >= 0.3 is 0 Å². The summed E-state index contributed by atoms with van der Waals surface area (Å²) in [5.41, 5.74) is 1.83. The minimum Gasteiger partial charge on any atom is -0.306 e. The van der Waals surface area contributed by atoms with Crippen molar-refractivity contribution < 1.29 is 0 Å². The molecule has 0 spiro atoms. The Balaban J connectivity index is 1.74. The van der Waals surface area contributed by atoms with E-state index in [0.717, 1.165) is 43.1 Å². The van der Waals surface area contributed by atoms with Crippen molar-refractivity contribution in [1.82, 2.24) is 24.7 Å². The summed E-state index contributed by atoms with van der Waals surface area (Å²) < 4.78 is 1.94. The van der Waals surface area contributed by atoms with Crippen LogP contribution in [0.15, 0.2) is 29.6 Å². The van der Waals surface area contributed by atoms with Crippen LogP contribution < -0.4 is 0 Å². The van der Waals surface area contributed by atoms with Crippen LogP contribution in [-0.4, -0.2) is 44.8 Å². The van der Waals surface area contributed by atoms with Gasteiger partial charge in [-0.15, -0.1) is 21.5 Å². The van der Waals surface area contributed by atoms with Crippen molar-refractivity contribution >= 4 is 17.0 Å². The van der Waals surface area contributed by atoms with Crippen molar-refractivity contribution in [3.63, 3.8) is 0 Å². The second-order valence-electron chi connectivity index (χ2n) is 5.60. The summed E-state index contributed by atoms with van der Waals surface area (Å²) in [5.74, 6) is 1.47. The summed E-state index contributed by atoms with van der Waals surface area (Å²) in [4.78, 5) is 3.55. The lowest BCUT2D eigenvalue weighted by atomic mass is 9.96. The molecule has 4 heterocycles. The number of likely N-dealkylation sites (tertiary alicyclic amines) is 1. The minimum absolute atomic E-state index is 0.460. The molecule has 1 fully saturated rings. The lowest BCUT2D eigenvalue weighted by molar-refractivity contribution is 0.250. The molecule has 3 aromatic rings. The number of rotatable bonds is 2. The Morgan fingerprint density at radius 1 is 1.14 bits per heavy atom. The van der Waals surface area contributed by atoms with E-state index in [2.05, 4.69) is 39.7 Å². The van der Waals surface area contributed by atoms with Crippen molar-refractivity contribution in [2.24, 2.45) is 0 Å². The fraction of sp³-hybridized carbons (Fsp3) is 0.400. The summed E-state index contributed by atoms with van der Waals surface area (Å²) in [6.07, 6.45) is 2.25. The monoisotopic (exact) mass is 299 g/mol. The lowest BCUT2D eigenvalue weighted by Crippen LogP contribution is -2.30. The maximum Gasteiger partial charge on any atom is 0.177 e. The van der Waals surface area contributed by atoms with Crippen molar-refractivity contribution in [2.45, 2.75) is 18.8 Å². The van der Waals surface area contributed by atoms with Crippen LogP contribution in [0.2, 0.25) is 0 Å². The number of aromatic nitrogens is 4. The Bertz CT molecular complexity index is 741. The molecule has 0 unspecified atom stereocenters. The first-order valence-electron chi connectivity index (χ1n) is 7.26. The van der Waals surface area contributed by atoms with Crippen molar-refractivity contribution in [2.75, 3.05) is 20.1 Å². The Hall–Kier alpha value is -1.79. The first-order chi connectivity index (χ1) is 10.3. The molecular formula is C15H17N5S. The van der Waals surface area contributed by atoms with Crippen LogP contribution in [0.5, 0.6) is 0 Å². The van der Waals surface area contributed by atoms with Crippen molar-refractivity contribution in [1.29, 1.82) is 0 Å². The highest BCUT2D eigenvalue weighted by Crippen LogP contribution is 2.27. The molecule has 0 saturated carbocycles.